The van der Waals surface area contributed by atoms with Gasteiger partial charge < -0.3 is 14.8 Å². The number of rotatable bonds is 3. The Morgan fingerprint density at radius 1 is 1.23 bits per heavy atom. The number of benzene rings is 1. The van der Waals surface area contributed by atoms with Crippen molar-refractivity contribution in [2.75, 3.05) is 19.0 Å². The van der Waals surface area contributed by atoms with Gasteiger partial charge in [-0.15, -0.1) is 0 Å². The molecule has 8 nitrogen and oxygen atoms in total. The summed E-state index contributed by atoms with van der Waals surface area (Å²) in [6.45, 7) is 2.27. The largest absolute Gasteiger partial charge is 0.497 e. The lowest BCUT2D eigenvalue weighted by Crippen LogP contribution is -2.38. The second kappa shape index (κ2) is 5.91. The summed E-state index contributed by atoms with van der Waals surface area (Å²) >= 11 is 0. The fourth-order valence-corrected chi connectivity index (χ4v) is 3.52. The number of methoxy groups -OCH3 is 1. The molecule has 0 amide bonds. The fraction of sp³-hybridized carbons (Fsp3) is 0.278. The third-order valence-electron chi connectivity index (χ3n) is 4.74. The molecule has 0 unspecified atom stereocenters. The Hall–Kier alpha value is -3.29. The third kappa shape index (κ3) is 2.26. The molecule has 0 bridgehead atoms. The number of anilines is 1. The minimum atomic E-state index is -0.621. The number of nitrogens with zero attached hydrogens (tertiary/aromatic N) is 1. The van der Waals surface area contributed by atoms with Crippen LogP contribution in [0.15, 0.2) is 45.1 Å². The van der Waals surface area contributed by atoms with Crippen LogP contribution in [0.1, 0.15) is 24.0 Å². The summed E-state index contributed by atoms with van der Waals surface area (Å²) in [5.74, 6) is -0.0189. The van der Waals surface area contributed by atoms with Crippen molar-refractivity contribution in [1.82, 2.24) is 9.55 Å². The molecular weight excluding hydrogens is 338 g/mol. The Bertz CT molecular complexity index is 1050. The standard InChI is InChI=1S/C18H17N3O5/c1-3-21-15-14(16(22)20-18(21)24)12(9-4-6-10(25-2)7-5-9)13-11(19-15)8-26-17(13)23/h4-7,12,19H,3,8H2,1-2H3,(H,20,22,24)/t12-/m1/s1. The second-order valence-corrected chi connectivity index (χ2v) is 6.07. The lowest BCUT2D eigenvalue weighted by molar-refractivity contribution is -0.136. The molecular formula is C18H17N3O5. The first-order valence-corrected chi connectivity index (χ1v) is 8.23. The molecule has 1 atom stereocenters. The molecule has 0 saturated carbocycles. The summed E-state index contributed by atoms with van der Waals surface area (Å²) in [4.78, 5) is 39.5. The van der Waals surface area contributed by atoms with E-state index in [1.54, 1.807) is 31.4 Å². The zero-order valence-electron chi connectivity index (χ0n) is 14.3. The first kappa shape index (κ1) is 16.2. The maximum atomic E-state index is 12.6. The monoisotopic (exact) mass is 355 g/mol. The SMILES string of the molecule is CCn1c2c(c(=O)[nH]c1=O)[C@H](c1ccc(OC)cc1)C1=C(COC1=O)N2. The molecule has 4 rings (SSSR count). The molecule has 2 aliphatic rings. The molecule has 0 saturated heterocycles. The van der Waals surface area contributed by atoms with Gasteiger partial charge in [-0.25, -0.2) is 9.59 Å². The topological polar surface area (TPSA) is 102 Å². The van der Waals surface area contributed by atoms with Gasteiger partial charge in [-0.1, -0.05) is 12.1 Å². The highest BCUT2D eigenvalue weighted by Gasteiger charge is 2.41. The molecule has 8 heteroatoms. The maximum absolute atomic E-state index is 12.6. The number of hydrogen-bond acceptors (Lipinski definition) is 6. The van der Waals surface area contributed by atoms with Crippen LogP contribution in [0.2, 0.25) is 0 Å². The van der Waals surface area contributed by atoms with Crippen molar-refractivity contribution in [3.63, 3.8) is 0 Å². The molecule has 0 radical (unpaired) electrons. The highest BCUT2D eigenvalue weighted by Crippen LogP contribution is 2.42. The first-order valence-electron chi connectivity index (χ1n) is 8.23. The van der Waals surface area contributed by atoms with Gasteiger partial charge in [0.05, 0.1) is 29.9 Å². The minimum Gasteiger partial charge on any atom is -0.497 e. The molecule has 2 aliphatic heterocycles. The van der Waals surface area contributed by atoms with Gasteiger partial charge in [-0.3, -0.25) is 14.3 Å². The van der Waals surface area contributed by atoms with Crippen LogP contribution in [0.4, 0.5) is 5.82 Å². The van der Waals surface area contributed by atoms with Gasteiger partial charge in [0.25, 0.3) is 5.56 Å². The van der Waals surface area contributed by atoms with E-state index >= 15 is 0 Å². The van der Waals surface area contributed by atoms with E-state index in [4.69, 9.17) is 9.47 Å². The van der Waals surface area contributed by atoms with Crippen LogP contribution in [0.25, 0.3) is 0 Å². The normalized spacial score (nSPS) is 18.1. The number of carbonyl (C=O) groups excluding carboxylic acids is 1. The van der Waals surface area contributed by atoms with Gasteiger partial charge in [0.1, 0.15) is 18.2 Å². The molecule has 134 valence electrons. The highest BCUT2D eigenvalue weighted by molar-refractivity contribution is 5.96. The fourth-order valence-electron chi connectivity index (χ4n) is 3.52. The van der Waals surface area contributed by atoms with E-state index in [1.807, 2.05) is 6.92 Å². The molecule has 0 aliphatic carbocycles. The molecule has 26 heavy (non-hydrogen) atoms. The van der Waals surface area contributed by atoms with Gasteiger partial charge in [0.15, 0.2) is 0 Å². The number of carbonyl (C=O) groups is 1. The van der Waals surface area contributed by atoms with E-state index < -0.39 is 23.1 Å². The van der Waals surface area contributed by atoms with Crippen molar-refractivity contribution < 1.29 is 14.3 Å². The number of aromatic nitrogens is 2. The van der Waals surface area contributed by atoms with Crippen molar-refractivity contribution in [2.24, 2.45) is 0 Å². The number of hydrogen-bond donors (Lipinski definition) is 2. The van der Waals surface area contributed by atoms with Crippen molar-refractivity contribution in [3.05, 3.63) is 67.5 Å². The summed E-state index contributed by atoms with van der Waals surface area (Å²) in [5, 5.41) is 3.06. The highest BCUT2D eigenvalue weighted by atomic mass is 16.5. The average Bonchev–Trinajstić information content (AvgIpc) is 3.01. The maximum Gasteiger partial charge on any atom is 0.337 e. The molecule has 3 heterocycles. The van der Waals surface area contributed by atoms with Crippen LogP contribution in [-0.2, 0) is 16.1 Å². The minimum absolute atomic E-state index is 0.0883. The first-order chi connectivity index (χ1) is 12.5. The number of ether oxygens (including phenoxy) is 2. The van der Waals surface area contributed by atoms with Crippen LogP contribution in [0.3, 0.4) is 0 Å². The molecule has 0 fully saturated rings. The molecule has 2 N–H and O–H groups in total. The molecule has 1 aromatic carbocycles. The van der Waals surface area contributed by atoms with Gasteiger partial charge in [0, 0.05) is 6.54 Å². The predicted octanol–water partition coefficient (Wildman–Crippen LogP) is 0.933. The summed E-state index contributed by atoms with van der Waals surface area (Å²) in [6.07, 6.45) is 0. The number of esters is 1. The smallest absolute Gasteiger partial charge is 0.337 e. The number of nitrogens with one attached hydrogen (secondary N) is 2. The Kier molecular flexibility index (Phi) is 3.68. The quantitative estimate of drug-likeness (QED) is 0.794. The van der Waals surface area contributed by atoms with E-state index in [-0.39, 0.29) is 6.61 Å². The molecule has 2 aromatic rings. The van der Waals surface area contributed by atoms with Crippen LogP contribution < -0.4 is 21.3 Å². The van der Waals surface area contributed by atoms with Crippen molar-refractivity contribution in [3.8, 4) is 5.75 Å². The van der Waals surface area contributed by atoms with E-state index in [0.29, 0.717) is 34.9 Å². The second-order valence-electron chi connectivity index (χ2n) is 6.07. The lowest BCUT2D eigenvalue weighted by Gasteiger charge is -2.28. The third-order valence-corrected chi connectivity index (χ3v) is 4.74. The number of H-pyrrole nitrogens is 1. The van der Waals surface area contributed by atoms with E-state index in [0.717, 1.165) is 5.56 Å². The van der Waals surface area contributed by atoms with Crippen LogP contribution >= 0.6 is 0 Å². The Balaban J connectivity index is 2.00. The zero-order valence-corrected chi connectivity index (χ0v) is 14.3. The van der Waals surface area contributed by atoms with Gasteiger partial charge in [-0.2, -0.15) is 0 Å². The summed E-state index contributed by atoms with van der Waals surface area (Å²) in [6, 6.07) is 7.13. The molecule has 0 spiro atoms. The van der Waals surface area contributed by atoms with Crippen molar-refractivity contribution in [1.29, 1.82) is 0 Å². The van der Waals surface area contributed by atoms with E-state index in [1.165, 1.54) is 4.57 Å². The zero-order chi connectivity index (χ0) is 18.4. The number of fused-ring (bicyclic) bond motifs is 1. The number of cyclic esters (lactones) is 1. The summed E-state index contributed by atoms with van der Waals surface area (Å²) in [7, 11) is 1.56. The summed E-state index contributed by atoms with van der Waals surface area (Å²) < 4.78 is 11.8. The van der Waals surface area contributed by atoms with Gasteiger partial charge in [-0.05, 0) is 24.6 Å². The van der Waals surface area contributed by atoms with Crippen molar-refractivity contribution in [2.45, 2.75) is 19.4 Å². The molecule has 1 aromatic heterocycles. The average molecular weight is 355 g/mol. The van der Waals surface area contributed by atoms with Crippen molar-refractivity contribution >= 4 is 11.8 Å². The lowest BCUT2D eigenvalue weighted by atomic mass is 9.83. The van der Waals surface area contributed by atoms with Crippen LogP contribution in [0, 0.1) is 0 Å². The van der Waals surface area contributed by atoms with Crippen LogP contribution in [-0.4, -0.2) is 29.2 Å². The number of aromatic amines is 1. The van der Waals surface area contributed by atoms with E-state index in [9.17, 15) is 14.4 Å². The van der Waals surface area contributed by atoms with Gasteiger partial charge in [0.2, 0.25) is 0 Å². The van der Waals surface area contributed by atoms with E-state index in [2.05, 4.69) is 10.3 Å². The Morgan fingerprint density at radius 3 is 2.62 bits per heavy atom. The van der Waals surface area contributed by atoms with Gasteiger partial charge >= 0.3 is 11.7 Å². The summed E-state index contributed by atoms with van der Waals surface area (Å²) in [5.41, 5.74) is 1.03. The Morgan fingerprint density at radius 2 is 1.96 bits per heavy atom. The Labute approximate surface area is 148 Å². The van der Waals surface area contributed by atoms with Crippen LogP contribution in [0.5, 0.6) is 5.75 Å². The predicted molar refractivity (Wildman–Crippen MR) is 93.4 cm³/mol.